The van der Waals surface area contributed by atoms with Crippen molar-refractivity contribution in [2.75, 3.05) is 6.61 Å². The maximum absolute atomic E-state index is 5.43. The van der Waals surface area contributed by atoms with Gasteiger partial charge in [-0.25, -0.2) is 4.98 Å². The van der Waals surface area contributed by atoms with E-state index in [0.717, 1.165) is 23.0 Å². The standard InChI is InChI=1S/C15H19N3O/c1-2-19-13-9-7-12(8-10-13)15-16-14(17-18-15)11-5-3-4-6-11/h7-11H,2-6H2,1H3,(H,16,17,18). The molecule has 1 aromatic carbocycles. The second-order valence-electron chi connectivity index (χ2n) is 4.98. The van der Waals surface area contributed by atoms with Gasteiger partial charge >= 0.3 is 0 Å². The zero-order valence-corrected chi connectivity index (χ0v) is 11.2. The van der Waals surface area contributed by atoms with Gasteiger partial charge in [0.1, 0.15) is 11.6 Å². The fourth-order valence-electron chi connectivity index (χ4n) is 2.65. The van der Waals surface area contributed by atoms with Crippen LogP contribution in [0.5, 0.6) is 5.75 Å². The molecule has 0 saturated heterocycles. The van der Waals surface area contributed by atoms with Gasteiger partial charge in [0.05, 0.1) is 6.61 Å². The Balaban J connectivity index is 1.77. The number of hydrogen-bond acceptors (Lipinski definition) is 3. The molecule has 0 radical (unpaired) electrons. The number of aromatic nitrogens is 3. The topological polar surface area (TPSA) is 50.8 Å². The second-order valence-corrected chi connectivity index (χ2v) is 4.98. The van der Waals surface area contributed by atoms with Gasteiger partial charge in [-0.05, 0) is 44.0 Å². The van der Waals surface area contributed by atoms with Gasteiger partial charge in [-0.3, -0.25) is 5.10 Å². The van der Waals surface area contributed by atoms with Crippen molar-refractivity contribution in [3.63, 3.8) is 0 Å². The number of rotatable bonds is 4. The van der Waals surface area contributed by atoms with E-state index in [-0.39, 0.29) is 0 Å². The van der Waals surface area contributed by atoms with E-state index >= 15 is 0 Å². The van der Waals surface area contributed by atoms with Crippen LogP contribution in [0.1, 0.15) is 44.3 Å². The summed E-state index contributed by atoms with van der Waals surface area (Å²) in [6, 6.07) is 7.94. The first-order valence-electron chi connectivity index (χ1n) is 7.02. The highest BCUT2D eigenvalue weighted by Gasteiger charge is 2.20. The van der Waals surface area contributed by atoms with Crippen LogP contribution in [0.25, 0.3) is 11.4 Å². The van der Waals surface area contributed by atoms with Crippen LogP contribution in [0.2, 0.25) is 0 Å². The summed E-state index contributed by atoms with van der Waals surface area (Å²) in [5.74, 6) is 3.29. The molecule has 19 heavy (non-hydrogen) atoms. The molecule has 0 atom stereocenters. The Kier molecular flexibility index (Phi) is 3.49. The molecule has 4 nitrogen and oxygen atoms in total. The third kappa shape index (κ3) is 2.62. The summed E-state index contributed by atoms with van der Waals surface area (Å²) < 4.78 is 5.43. The first-order valence-corrected chi connectivity index (χ1v) is 7.02. The van der Waals surface area contributed by atoms with Gasteiger partial charge < -0.3 is 4.74 Å². The molecule has 1 fully saturated rings. The quantitative estimate of drug-likeness (QED) is 0.911. The predicted molar refractivity (Wildman–Crippen MR) is 74.2 cm³/mol. The van der Waals surface area contributed by atoms with Crippen molar-refractivity contribution in [3.8, 4) is 17.1 Å². The van der Waals surface area contributed by atoms with E-state index in [1.165, 1.54) is 25.7 Å². The Morgan fingerprint density at radius 1 is 1.21 bits per heavy atom. The van der Waals surface area contributed by atoms with Gasteiger partial charge in [0.25, 0.3) is 0 Å². The van der Waals surface area contributed by atoms with Gasteiger partial charge in [0.2, 0.25) is 0 Å². The predicted octanol–water partition coefficient (Wildman–Crippen LogP) is 3.53. The molecule has 0 spiro atoms. The average Bonchev–Trinajstić information content (AvgIpc) is 3.11. The lowest BCUT2D eigenvalue weighted by Crippen LogP contribution is -1.94. The zero-order valence-electron chi connectivity index (χ0n) is 11.2. The maximum Gasteiger partial charge on any atom is 0.181 e. The monoisotopic (exact) mass is 257 g/mol. The SMILES string of the molecule is CCOc1ccc(-c2n[nH]c(C3CCCC3)n2)cc1. The minimum atomic E-state index is 0.573. The van der Waals surface area contributed by atoms with Gasteiger partial charge in [0.15, 0.2) is 5.82 Å². The summed E-state index contributed by atoms with van der Waals surface area (Å²) in [4.78, 5) is 4.63. The van der Waals surface area contributed by atoms with E-state index in [1.807, 2.05) is 31.2 Å². The van der Waals surface area contributed by atoms with Crippen molar-refractivity contribution in [3.05, 3.63) is 30.1 Å². The number of nitrogens with zero attached hydrogens (tertiary/aromatic N) is 2. The number of benzene rings is 1. The molecule has 1 aliphatic rings. The Morgan fingerprint density at radius 3 is 2.63 bits per heavy atom. The molecule has 4 heteroatoms. The molecule has 0 aliphatic heterocycles. The Hall–Kier alpha value is -1.84. The van der Waals surface area contributed by atoms with Gasteiger partial charge in [-0.1, -0.05) is 12.8 Å². The van der Waals surface area contributed by atoms with Crippen molar-refractivity contribution in [2.24, 2.45) is 0 Å². The molecule has 0 unspecified atom stereocenters. The number of hydrogen-bond donors (Lipinski definition) is 1. The fourth-order valence-corrected chi connectivity index (χ4v) is 2.65. The lowest BCUT2D eigenvalue weighted by atomic mass is 10.1. The third-order valence-electron chi connectivity index (χ3n) is 3.67. The van der Waals surface area contributed by atoms with Crippen LogP contribution < -0.4 is 4.74 Å². The molecule has 100 valence electrons. The summed E-state index contributed by atoms with van der Waals surface area (Å²) in [5.41, 5.74) is 1.03. The highest BCUT2D eigenvalue weighted by atomic mass is 16.5. The second kappa shape index (κ2) is 5.43. The van der Waals surface area contributed by atoms with E-state index in [9.17, 15) is 0 Å². The normalized spacial score (nSPS) is 15.8. The summed E-state index contributed by atoms with van der Waals surface area (Å²) >= 11 is 0. The van der Waals surface area contributed by atoms with Crippen LogP contribution >= 0.6 is 0 Å². The Morgan fingerprint density at radius 2 is 1.95 bits per heavy atom. The molecule has 1 aliphatic carbocycles. The lowest BCUT2D eigenvalue weighted by Gasteiger charge is -2.03. The fraction of sp³-hybridized carbons (Fsp3) is 0.467. The van der Waals surface area contributed by atoms with Crippen molar-refractivity contribution < 1.29 is 4.74 Å². The van der Waals surface area contributed by atoms with Crippen LogP contribution in [0, 0.1) is 0 Å². The number of H-pyrrole nitrogens is 1. The molecule has 1 N–H and O–H groups in total. The molecule has 3 rings (SSSR count). The third-order valence-corrected chi connectivity index (χ3v) is 3.67. The van der Waals surface area contributed by atoms with E-state index < -0.39 is 0 Å². The molecule has 1 heterocycles. The first-order chi connectivity index (χ1) is 9.36. The summed E-state index contributed by atoms with van der Waals surface area (Å²) in [7, 11) is 0. The van der Waals surface area contributed by atoms with E-state index in [2.05, 4.69) is 15.2 Å². The highest BCUT2D eigenvalue weighted by Crippen LogP contribution is 2.32. The largest absolute Gasteiger partial charge is 0.494 e. The summed E-state index contributed by atoms with van der Waals surface area (Å²) in [6.07, 6.45) is 5.09. The van der Waals surface area contributed by atoms with Gasteiger partial charge in [-0.15, -0.1) is 0 Å². The summed E-state index contributed by atoms with van der Waals surface area (Å²) in [6.45, 7) is 2.67. The molecule has 1 aromatic heterocycles. The van der Waals surface area contributed by atoms with Crippen LogP contribution in [0.3, 0.4) is 0 Å². The Labute approximate surface area is 113 Å². The Bertz CT molecular complexity index is 527. The first kappa shape index (κ1) is 12.2. The van der Waals surface area contributed by atoms with E-state index in [1.54, 1.807) is 0 Å². The highest BCUT2D eigenvalue weighted by molar-refractivity contribution is 5.55. The van der Waals surface area contributed by atoms with E-state index in [0.29, 0.717) is 12.5 Å². The average molecular weight is 257 g/mol. The molecule has 1 saturated carbocycles. The smallest absolute Gasteiger partial charge is 0.181 e. The minimum absolute atomic E-state index is 0.573. The van der Waals surface area contributed by atoms with Gasteiger partial charge in [0, 0.05) is 11.5 Å². The van der Waals surface area contributed by atoms with Crippen LogP contribution in [0.15, 0.2) is 24.3 Å². The molecule has 0 bridgehead atoms. The molecule has 2 aromatic rings. The van der Waals surface area contributed by atoms with Crippen molar-refractivity contribution >= 4 is 0 Å². The van der Waals surface area contributed by atoms with Crippen molar-refractivity contribution in [1.29, 1.82) is 0 Å². The number of ether oxygens (including phenoxy) is 1. The van der Waals surface area contributed by atoms with Crippen molar-refractivity contribution in [2.45, 2.75) is 38.5 Å². The number of nitrogens with one attached hydrogen (secondary N) is 1. The molecular weight excluding hydrogens is 238 g/mol. The molecule has 0 amide bonds. The van der Waals surface area contributed by atoms with Crippen molar-refractivity contribution in [1.82, 2.24) is 15.2 Å². The maximum atomic E-state index is 5.43. The number of aromatic amines is 1. The van der Waals surface area contributed by atoms with Gasteiger partial charge in [-0.2, -0.15) is 5.10 Å². The van der Waals surface area contributed by atoms with Crippen LogP contribution in [-0.2, 0) is 0 Å². The molecular formula is C15H19N3O. The minimum Gasteiger partial charge on any atom is -0.494 e. The van der Waals surface area contributed by atoms with Crippen LogP contribution in [0.4, 0.5) is 0 Å². The lowest BCUT2D eigenvalue weighted by molar-refractivity contribution is 0.340. The zero-order chi connectivity index (χ0) is 13.1. The van der Waals surface area contributed by atoms with E-state index in [4.69, 9.17) is 4.74 Å². The summed E-state index contributed by atoms with van der Waals surface area (Å²) in [5, 5.41) is 7.42. The van der Waals surface area contributed by atoms with Crippen LogP contribution in [-0.4, -0.2) is 21.8 Å².